The molecule has 0 radical (unpaired) electrons. The Morgan fingerprint density at radius 2 is 2.24 bits per heavy atom. The number of piperazine rings is 1. The number of rotatable bonds is 3. The number of carbonyl (C=O) groups excluding carboxylic acids is 1. The summed E-state index contributed by atoms with van der Waals surface area (Å²) < 4.78 is 0. The van der Waals surface area contributed by atoms with Crippen molar-refractivity contribution in [3.05, 3.63) is 30.3 Å². The van der Waals surface area contributed by atoms with Crippen LogP contribution in [-0.4, -0.2) is 43.0 Å². The van der Waals surface area contributed by atoms with Crippen molar-refractivity contribution in [1.82, 2.24) is 10.2 Å². The zero-order chi connectivity index (χ0) is 12.1. The number of carbonyl (C=O) groups is 1. The van der Waals surface area contributed by atoms with E-state index < -0.39 is 0 Å². The minimum atomic E-state index is 0.169. The summed E-state index contributed by atoms with van der Waals surface area (Å²) in [5.41, 5.74) is 0.990. The van der Waals surface area contributed by atoms with E-state index in [1.54, 1.807) is 0 Å². The van der Waals surface area contributed by atoms with Gasteiger partial charge < -0.3 is 15.5 Å². The summed E-state index contributed by atoms with van der Waals surface area (Å²) in [4.78, 5) is 13.9. The van der Waals surface area contributed by atoms with Crippen LogP contribution in [0, 0.1) is 0 Å². The van der Waals surface area contributed by atoms with Gasteiger partial charge in [0.15, 0.2) is 0 Å². The highest BCUT2D eigenvalue weighted by molar-refractivity contribution is 5.81. The third kappa shape index (κ3) is 3.46. The van der Waals surface area contributed by atoms with Crippen molar-refractivity contribution in [2.75, 3.05) is 31.5 Å². The topological polar surface area (TPSA) is 44.4 Å². The molecule has 1 unspecified atom stereocenters. The van der Waals surface area contributed by atoms with Crippen LogP contribution >= 0.6 is 0 Å². The molecule has 4 heteroatoms. The highest BCUT2D eigenvalue weighted by Crippen LogP contribution is 2.05. The van der Waals surface area contributed by atoms with Crippen molar-refractivity contribution in [3.8, 4) is 0 Å². The summed E-state index contributed by atoms with van der Waals surface area (Å²) in [6.45, 7) is 4.97. The first kappa shape index (κ1) is 11.9. The molecule has 0 aliphatic carbocycles. The van der Waals surface area contributed by atoms with Crippen molar-refractivity contribution in [3.63, 3.8) is 0 Å². The Hall–Kier alpha value is -1.55. The van der Waals surface area contributed by atoms with Crippen LogP contribution in [0.4, 0.5) is 5.69 Å². The summed E-state index contributed by atoms with van der Waals surface area (Å²) >= 11 is 0. The van der Waals surface area contributed by atoms with Gasteiger partial charge in [-0.25, -0.2) is 0 Å². The van der Waals surface area contributed by atoms with E-state index in [1.807, 2.05) is 35.2 Å². The number of benzene rings is 1. The SMILES string of the molecule is CC1CN(C(=O)CNc2ccccc2)CCN1. The van der Waals surface area contributed by atoms with Crippen LogP contribution in [0.25, 0.3) is 0 Å². The molecule has 1 aromatic carbocycles. The van der Waals surface area contributed by atoms with Crippen LogP contribution in [0.2, 0.25) is 0 Å². The molecular weight excluding hydrogens is 214 g/mol. The van der Waals surface area contributed by atoms with E-state index in [1.165, 1.54) is 0 Å². The summed E-state index contributed by atoms with van der Waals surface area (Å²) in [6, 6.07) is 10.2. The van der Waals surface area contributed by atoms with Crippen LogP contribution in [0.5, 0.6) is 0 Å². The Balaban J connectivity index is 1.81. The van der Waals surface area contributed by atoms with Crippen LogP contribution in [0.3, 0.4) is 0 Å². The van der Waals surface area contributed by atoms with Crippen LogP contribution < -0.4 is 10.6 Å². The molecule has 1 fully saturated rings. The molecule has 0 saturated carbocycles. The molecule has 1 heterocycles. The molecule has 92 valence electrons. The number of nitrogens with zero attached hydrogens (tertiary/aromatic N) is 1. The third-order valence-electron chi connectivity index (χ3n) is 2.94. The Bertz CT molecular complexity index is 366. The van der Waals surface area contributed by atoms with Crippen molar-refractivity contribution < 1.29 is 4.79 Å². The standard InChI is InChI=1S/C13H19N3O/c1-11-10-16(8-7-14-11)13(17)9-15-12-5-3-2-4-6-12/h2-6,11,14-15H,7-10H2,1H3. The first-order valence-corrected chi connectivity index (χ1v) is 6.06. The van der Waals surface area contributed by atoms with Gasteiger partial charge in [0.05, 0.1) is 6.54 Å². The lowest BCUT2D eigenvalue weighted by Gasteiger charge is -2.32. The molecule has 0 bridgehead atoms. The Kier molecular flexibility index (Phi) is 3.98. The summed E-state index contributed by atoms with van der Waals surface area (Å²) in [7, 11) is 0. The molecule has 2 N–H and O–H groups in total. The lowest BCUT2D eigenvalue weighted by atomic mass is 10.2. The first-order chi connectivity index (χ1) is 8.25. The molecule has 1 amide bonds. The number of hydrogen-bond acceptors (Lipinski definition) is 3. The molecule has 1 aromatic rings. The maximum Gasteiger partial charge on any atom is 0.241 e. The Labute approximate surface area is 102 Å². The quantitative estimate of drug-likeness (QED) is 0.816. The third-order valence-corrected chi connectivity index (χ3v) is 2.94. The van der Waals surface area contributed by atoms with Crippen molar-refractivity contribution >= 4 is 11.6 Å². The highest BCUT2D eigenvalue weighted by Gasteiger charge is 2.19. The molecule has 0 aromatic heterocycles. The van der Waals surface area contributed by atoms with E-state index in [4.69, 9.17) is 0 Å². The molecule has 0 spiro atoms. The van der Waals surface area contributed by atoms with Gasteiger partial charge in [-0.05, 0) is 19.1 Å². The van der Waals surface area contributed by atoms with Crippen molar-refractivity contribution in [1.29, 1.82) is 0 Å². The maximum atomic E-state index is 12.0. The van der Waals surface area contributed by atoms with E-state index in [2.05, 4.69) is 17.6 Å². The number of para-hydroxylation sites is 1. The van der Waals surface area contributed by atoms with Crippen molar-refractivity contribution in [2.24, 2.45) is 0 Å². The molecule has 1 saturated heterocycles. The first-order valence-electron chi connectivity index (χ1n) is 6.06. The summed E-state index contributed by atoms with van der Waals surface area (Å²) in [5, 5.41) is 6.47. The minimum absolute atomic E-state index is 0.169. The van der Waals surface area contributed by atoms with E-state index >= 15 is 0 Å². The van der Waals surface area contributed by atoms with E-state index in [-0.39, 0.29) is 5.91 Å². The molecule has 4 nitrogen and oxygen atoms in total. The zero-order valence-corrected chi connectivity index (χ0v) is 10.1. The molecular formula is C13H19N3O. The predicted molar refractivity (Wildman–Crippen MR) is 69.0 cm³/mol. The van der Waals surface area contributed by atoms with Crippen LogP contribution in [0.1, 0.15) is 6.92 Å². The average molecular weight is 233 g/mol. The Morgan fingerprint density at radius 1 is 1.47 bits per heavy atom. The number of anilines is 1. The second-order valence-corrected chi connectivity index (χ2v) is 4.41. The van der Waals surface area contributed by atoms with Crippen LogP contribution in [-0.2, 0) is 4.79 Å². The van der Waals surface area contributed by atoms with Gasteiger partial charge in [0, 0.05) is 31.4 Å². The lowest BCUT2D eigenvalue weighted by Crippen LogP contribution is -2.52. The molecule has 1 atom stereocenters. The minimum Gasteiger partial charge on any atom is -0.376 e. The van der Waals surface area contributed by atoms with E-state index in [9.17, 15) is 4.79 Å². The number of amides is 1. The van der Waals surface area contributed by atoms with Crippen molar-refractivity contribution in [2.45, 2.75) is 13.0 Å². The van der Waals surface area contributed by atoms with Gasteiger partial charge in [-0.1, -0.05) is 18.2 Å². The van der Waals surface area contributed by atoms with Gasteiger partial charge in [-0.2, -0.15) is 0 Å². The van der Waals surface area contributed by atoms with Gasteiger partial charge >= 0.3 is 0 Å². The smallest absolute Gasteiger partial charge is 0.241 e. The number of hydrogen-bond donors (Lipinski definition) is 2. The Morgan fingerprint density at radius 3 is 2.94 bits per heavy atom. The fourth-order valence-electron chi connectivity index (χ4n) is 2.00. The van der Waals surface area contributed by atoms with Gasteiger partial charge in [-0.3, -0.25) is 4.79 Å². The maximum absolute atomic E-state index is 12.0. The molecule has 2 rings (SSSR count). The van der Waals surface area contributed by atoms with Gasteiger partial charge in [0.1, 0.15) is 0 Å². The molecule has 1 aliphatic rings. The second-order valence-electron chi connectivity index (χ2n) is 4.41. The van der Waals surface area contributed by atoms with Gasteiger partial charge in [0.2, 0.25) is 5.91 Å². The fourth-order valence-corrected chi connectivity index (χ4v) is 2.00. The van der Waals surface area contributed by atoms with E-state index in [0.29, 0.717) is 12.6 Å². The largest absolute Gasteiger partial charge is 0.376 e. The summed E-state index contributed by atoms with van der Waals surface area (Å²) in [6.07, 6.45) is 0. The van der Waals surface area contributed by atoms with E-state index in [0.717, 1.165) is 25.3 Å². The zero-order valence-electron chi connectivity index (χ0n) is 10.1. The second kappa shape index (κ2) is 5.68. The molecule has 17 heavy (non-hydrogen) atoms. The number of nitrogens with one attached hydrogen (secondary N) is 2. The highest BCUT2D eigenvalue weighted by atomic mass is 16.2. The van der Waals surface area contributed by atoms with Crippen LogP contribution in [0.15, 0.2) is 30.3 Å². The normalized spacial score (nSPS) is 20.1. The molecule has 1 aliphatic heterocycles. The predicted octanol–water partition coefficient (Wildman–Crippen LogP) is 0.919. The lowest BCUT2D eigenvalue weighted by molar-refractivity contribution is -0.130. The van der Waals surface area contributed by atoms with Gasteiger partial charge in [-0.15, -0.1) is 0 Å². The monoisotopic (exact) mass is 233 g/mol. The fraction of sp³-hybridized carbons (Fsp3) is 0.462. The average Bonchev–Trinajstić information content (AvgIpc) is 2.37. The van der Waals surface area contributed by atoms with Gasteiger partial charge in [0.25, 0.3) is 0 Å². The summed E-state index contributed by atoms with van der Waals surface area (Å²) in [5.74, 6) is 0.169.